The van der Waals surface area contributed by atoms with E-state index in [1.54, 1.807) is 0 Å². The van der Waals surface area contributed by atoms with Gasteiger partial charge in [-0.25, -0.2) is 0 Å². The molecule has 0 aromatic heterocycles. The lowest BCUT2D eigenvalue weighted by Crippen LogP contribution is -2.64. The SMILES string of the molecule is C[C@H]1C=CCCCS[C@H]2O[C@@H]([C@H](O)[C@H](O)[C@H]2O)[C@@H]1N[S@+]([O-])C(C)(C)C. The maximum atomic E-state index is 12.6. The second kappa shape index (κ2) is 8.93. The Labute approximate surface area is 157 Å². The highest BCUT2D eigenvalue weighted by Gasteiger charge is 2.49. The highest BCUT2D eigenvalue weighted by atomic mass is 32.2. The number of thioether (sulfide) groups is 1. The van der Waals surface area contributed by atoms with E-state index in [2.05, 4.69) is 10.8 Å². The standard InChI is InChI=1S/C17H31NO5S2/c1-10-8-6-5-7-9-24-16-14(21)12(19)13(20)15(23-16)11(10)18-25(22)17(2,3)4/h6,8,10-16,18-21H,5,7,9H2,1-4H3/t10-,11+,12-,13+,14+,15+,16+,25+/m0/s1. The van der Waals surface area contributed by atoms with Crippen LogP contribution < -0.4 is 4.72 Å². The molecule has 2 aliphatic rings. The van der Waals surface area contributed by atoms with Gasteiger partial charge in [-0.3, -0.25) is 0 Å². The number of aliphatic hydroxyl groups excluding tert-OH is 3. The number of hydrogen-bond acceptors (Lipinski definition) is 7. The van der Waals surface area contributed by atoms with Crippen LogP contribution in [-0.2, 0) is 16.1 Å². The largest absolute Gasteiger partial charge is 0.598 e. The maximum Gasteiger partial charge on any atom is 0.136 e. The van der Waals surface area contributed by atoms with Crippen LogP contribution in [0.1, 0.15) is 40.5 Å². The highest BCUT2D eigenvalue weighted by molar-refractivity contribution is 7.99. The zero-order valence-corrected chi connectivity index (χ0v) is 16.9. The van der Waals surface area contributed by atoms with Gasteiger partial charge in [-0.1, -0.05) is 19.1 Å². The van der Waals surface area contributed by atoms with E-state index in [1.807, 2.05) is 33.8 Å². The first-order valence-corrected chi connectivity index (χ1v) is 11.0. The van der Waals surface area contributed by atoms with Crippen LogP contribution in [0.2, 0.25) is 0 Å². The second-order valence-corrected chi connectivity index (χ2v) is 11.0. The molecule has 25 heavy (non-hydrogen) atoms. The van der Waals surface area contributed by atoms with Crippen molar-refractivity contribution in [2.75, 3.05) is 5.75 Å². The number of rotatable bonds is 2. The molecule has 8 heteroatoms. The third-order valence-corrected chi connectivity index (χ3v) is 7.40. The van der Waals surface area contributed by atoms with Gasteiger partial charge in [-0.05, 0) is 45.3 Å². The van der Waals surface area contributed by atoms with Gasteiger partial charge in [0.15, 0.2) is 0 Å². The van der Waals surface area contributed by atoms with Crippen molar-refractivity contribution in [1.82, 2.24) is 4.72 Å². The van der Waals surface area contributed by atoms with Crippen LogP contribution in [0.3, 0.4) is 0 Å². The Morgan fingerprint density at radius 3 is 2.52 bits per heavy atom. The molecule has 0 unspecified atom stereocenters. The van der Waals surface area contributed by atoms with Crippen LogP contribution in [0.5, 0.6) is 0 Å². The van der Waals surface area contributed by atoms with E-state index < -0.39 is 52.0 Å². The van der Waals surface area contributed by atoms with E-state index in [9.17, 15) is 19.9 Å². The molecule has 2 rings (SSSR count). The summed E-state index contributed by atoms with van der Waals surface area (Å²) in [6, 6.07) is -0.449. The molecule has 0 saturated carbocycles. The summed E-state index contributed by atoms with van der Waals surface area (Å²) in [5, 5.41) is 31.0. The van der Waals surface area contributed by atoms with Gasteiger partial charge < -0.3 is 24.6 Å². The van der Waals surface area contributed by atoms with Crippen molar-refractivity contribution in [2.45, 2.75) is 81.2 Å². The van der Waals surface area contributed by atoms with E-state index in [-0.39, 0.29) is 5.92 Å². The van der Waals surface area contributed by atoms with Crippen molar-refractivity contribution in [2.24, 2.45) is 5.92 Å². The molecule has 2 aliphatic heterocycles. The average Bonchev–Trinajstić information content (AvgIpc) is 2.56. The normalized spacial score (nSPS) is 41.8. The first kappa shape index (κ1) is 21.5. The van der Waals surface area contributed by atoms with Crippen molar-refractivity contribution >= 4 is 23.1 Å². The van der Waals surface area contributed by atoms with Crippen molar-refractivity contribution in [3.63, 3.8) is 0 Å². The van der Waals surface area contributed by atoms with E-state index >= 15 is 0 Å². The molecule has 2 bridgehead atoms. The van der Waals surface area contributed by atoms with Gasteiger partial charge in [-0.2, -0.15) is 0 Å². The molecule has 0 aliphatic carbocycles. The summed E-state index contributed by atoms with van der Waals surface area (Å²) in [7, 11) is 0. The van der Waals surface area contributed by atoms with E-state index in [4.69, 9.17) is 4.74 Å². The van der Waals surface area contributed by atoms with Gasteiger partial charge in [0.05, 0.1) is 6.04 Å². The molecule has 0 spiro atoms. The van der Waals surface area contributed by atoms with Crippen molar-refractivity contribution in [3.05, 3.63) is 12.2 Å². The first-order valence-electron chi connectivity index (χ1n) is 8.79. The molecule has 2 heterocycles. The minimum atomic E-state index is -1.35. The third kappa shape index (κ3) is 5.35. The zero-order valence-electron chi connectivity index (χ0n) is 15.3. The summed E-state index contributed by atoms with van der Waals surface area (Å²) in [6.07, 6.45) is 1.53. The number of hydrogen-bond donors (Lipinski definition) is 4. The number of ether oxygens (including phenoxy) is 1. The molecule has 0 aromatic carbocycles. The van der Waals surface area contributed by atoms with E-state index in [0.717, 1.165) is 18.6 Å². The summed E-state index contributed by atoms with van der Waals surface area (Å²) in [5.74, 6) is 0.735. The van der Waals surface area contributed by atoms with Gasteiger partial charge in [0.1, 0.15) is 34.6 Å². The van der Waals surface area contributed by atoms with E-state index in [0.29, 0.717) is 0 Å². The van der Waals surface area contributed by atoms with Crippen molar-refractivity contribution in [3.8, 4) is 0 Å². The Balaban J connectivity index is 2.30. The quantitative estimate of drug-likeness (QED) is 0.409. The van der Waals surface area contributed by atoms with Gasteiger partial charge in [0.25, 0.3) is 0 Å². The lowest BCUT2D eigenvalue weighted by Gasteiger charge is -2.44. The lowest BCUT2D eigenvalue weighted by atomic mass is 9.88. The monoisotopic (exact) mass is 393 g/mol. The van der Waals surface area contributed by atoms with Crippen molar-refractivity contribution < 1.29 is 24.6 Å². The molecular formula is C17H31NO5S2. The Bertz CT molecular complexity index is 459. The molecule has 8 atom stereocenters. The predicted molar refractivity (Wildman–Crippen MR) is 101 cm³/mol. The Hall–Kier alpha value is 0.200. The Morgan fingerprint density at radius 2 is 1.88 bits per heavy atom. The summed E-state index contributed by atoms with van der Waals surface area (Å²) < 4.78 is 21.2. The second-order valence-electron chi connectivity index (χ2n) is 7.77. The van der Waals surface area contributed by atoms with Gasteiger partial charge in [0, 0.05) is 11.4 Å². The summed E-state index contributed by atoms with van der Waals surface area (Å²) in [4.78, 5) is 0. The third-order valence-electron chi connectivity index (χ3n) is 4.56. The van der Waals surface area contributed by atoms with Crippen molar-refractivity contribution in [1.29, 1.82) is 0 Å². The fourth-order valence-electron chi connectivity index (χ4n) is 2.91. The minimum Gasteiger partial charge on any atom is -0.598 e. The maximum absolute atomic E-state index is 12.6. The highest BCUT2D eigenvalue weighted by Crippen LogP contribution is 2.33. The Morgan fingerprint density at radius 1 is 1.20 bits per heavy atom. The first-order chi connectivity index (χ1) is 11.6. The Kier molecular flexibility index (Phi) is 7.68. The molecule has 1 saturated heterocycles. The molecule has 1 fully saturated rings. The summed E-state index contributed by atoms with van der Waals surface area (Å²) >= 11 is 0.0913. The molecule has 4 N–H and O–H groups in total. The topological polar surface area (TPSA) is 105 Å². The van der Waals surface area contributed by atoms with Gasteiger partial charge >= 0.3 is 0 Å². The van der Waals surface area contributed by atoms with Crippen LogP contribution in [0.25, 0.3) is 0 Å². The predicted octanol–water partition coefficient (Wildman–Crippen LogP) is 0.934. The minimum absolute atomic E-state index is 0.0582. The summed E-state index contributed by atoms with van der Waals surface area (Å²) in [5.41, 5.74) is -0.610. The van der Waals surface area contributed by atoms with Crippen LogP contribution in [0.15, 0.2) is 12.2 Å². The average molecular weight is 394 g/mol. The number of allylic oxidation sites excluding steroid dienone is 1. The molecule has 6 nitrogen and oxygen atoms in total. The van der Waals surface area contributed by atoms with Crippen LogP contribution in [-0.4, -0.2) is 66.3 Å². The fourth-order valence-corrected chi connectivity index (χ4v) is 4.99. The molecule has 0 radical (unpaired) electrons. The molecule has 0 aromatic rings. The van der Waals surface area contributed by atoms with E-state index in [1.165, 1.54) is 11.8 Å². The van der Waals surface area contributed by atoms with Crippen LogP contribution in [0, 0.1) is 5.92 Å². The van der Waals surface area contributed by atoms with Gasteiger partial charge in [0.2, 0.25) is 0 Å². The molecule has 146 valence electrons. The molecule has 0 amide bonds. The zero-order chi connectivity index (χ0) is 18.8. The smallest absolute Gasteiger partial charge is 0.136 e. The summed E-state index contributed by atoms with van der Waals surface area (Å²) in [6.45, 7) is 7.59. The molecular weight excluding hydrogens is 362 g/mol. The van der Waals surface area contributed by atoms with Crippen LogP contribution in [0.4, 0.5) is 0 Å². The number of fused-ring (bicyclic) bond motifs is 2. The van der Waals surface area contributed by atoms with Crippen LogP contribution >= 0.6 is 11.8 Å². The fraction of sp³-hybridized carbons (Fsp3) is 0.882. The number of nitrogens with one attached hydrogen (secondary N) is 1. The van der Waals surface area contributed by atoms with Gasteiger partial charge in [-0.15, -0.1) is 16.5 Å². The lowest BCUT2D eigenvalue weighted by molar-refractivity contribution is -0.205. The number of aliphatic hydroxyl groups is 3.